The van der Waals surface area contributed by atoms with Gasteiger partial charge < -0.3 is 52.1 Å². The van der Waals surface area contributed by atoms with Gasteiger partial charge in [0.15, 0.2) is 0 Å². The molecule has 3 heterocycles. The molecule has 5 amide bonds. The number of carboxylic acids is 1. The number of imidazole rings is 1. The number of likely N-dealkylation sites (tertiary alicyclic amines) is 1. The van der Waals surface area contributed by atoms with E-state index in [-0.39, 0.29) is 44.1 Å². The van der Waals surface area contributed by atoms with Gasteiger partial charge in [-0.3, -0.25) is 24.0 Å². The second kappa shape index (κ2) is 19.3. The standard InChI is InChI=1S/C38H55N9O8/c1-20(2)13-26(39)33(49)46-32(22(5)48)36(52)44-29(16-24-18-40-19-42-24)37(53)47-12-8-11-31(47)35(51)43-28(34(50)45-30(38(54)55)14-21(3)4)15-23-17-41-27-10-7-6-9-25(23)27/h6-7,9-10,17-22,26,28-32,41,48H,8,11-16,39H2,1-5H3,(H,40,42)(H,43,51)(H,44,52)(H,45,50)(H,46,49)(H,54,55)/t22-,26+,28+,29+,30+,31+,32+/m1/s1. The summed E-state index contributed by atoms with van der Waals surface area (Å²) in [5.41, 5.74) is 8.06. The zero-order valence-electron chi connectivity index (χ0n) is 32.0. The number of carbonyl (C=O) groups excluding carboxylic acids is 5. The van der Waals surface area contributed by atoms with Crippen LogP contribution in [0.5, 0.6) is 0 Å². The van der Waals surface area contributed by atoms with Crippen LogP contribution in [-0.2, 0) is 41.6 Å². The van der Waals surface area contributed by atoms with Gasteiger partial charge in [0.1, 0.15) is 30.2 Å². The number of aliphatic hydroxyl groups excluding tert-OH is 1. The van der Waals surface area contributed by atoms with Crippen LogP contribution in [0.15, 0.2) is 43.0 Å². The van der Waals surface area contributed by atoms with Gasteiger partial charge in [0.05, 0.1) is 18.5 Å². The number of hydrogen-bond acceptors (Lipinski definition) is 9. The molecule has 0 radical (unpaired) electrons. The van der Waals surface area contributed by atoms with E-state index in [1.165, 1.54) is 24.3 Å². The third kappa shape index (κ3) is 11.6. The normalized spacial score (nSPS) is 17.6. The molecule has 3 aromatic rings. The Morgan fingerprint density at radius 3 is 2.20 bits per heavy atom. The summed E-state index contributed by atoms with van der Waals surface area (Å²) in [5.74, 6) is -4.51. The van der Waals surface area contributed by atoms with Crippen LogP contribution in [0.3, 0.4) is 0 Å². The number of carbonyl (C=O) groups is 6. The van der Waals surface area contributed by atoms with Crippen LogP contribution >= 0.6 is 0 Å². The zero-order chi connectivity index (χ0) is 40.4. The highest BCUT2D eigenvalue weighted by atomic mass is 16.4. The quantitative estimate of drug-likeness (QED) is 0.0816. The number of para-hydroxylation sites is 1. The Labute approximate surface area is 320 Å². The van der Waals surface area contributed by atoms with Crippen molar-refractivity contribution in [2.45, 2.75) is 115 Å². The molecule has 7 atom stereocenters. The minimum absolute atomic E-state index is 0.0298. The average Bonchev–Trinajstić information content (AvgIpc) is 3.90. The molecule has 0 saturated carbocycles. The predicted octanol–water partition coefficient (Wildman–Crippen LogP) is 0.491. The number of rotatable bonds is 19. The van der Waals surface area contributed by atoms with E-state index in [2.05, 4.69) is 36.2 Å². The topological polar surface area (TPSA) is 265 Å². The van der Waals surface area contributed by atoms with E-state index in [9.17, 15) is 39.0 Å². The first-order valence-electron chi connectivity index (χ1n) is 18.8. The van der Waals surface area contributed by atoms with Gasteiger partial charge in [-0.1, -0.05) is 45.9 Å². The average molecular weight is 766 g/mol. The predicted molar refractivity (Wildman–Crippen MR) is 203 cm³/mol. The number of aromatic nitrogens is 3. The first-order chi connectivity index (χ1) is 26.0. The maximum atomic E-state index is 14.3. The van der Waals surface area contributed by atoms with Crippen LogP contribution in [0.1, 0.15) is 71.6 Å². The summed E-state index contributed by atoms with van der Waals surface area (Å²) in [7, 11) is 0. The molecule has 17 nitrogen and oxygen atoms in total. The number of nitrogens with zero attached hydrogens (tertiary/aromatic N) is 2. The lowest BCUT2D eigenvalue weighted by Crippen LogP contribution is -2.61. The SMILES string of the molecule is CC(C)C[C@H](NC(=O)[C@H](Cc1c[nH]c2ccccc12)NC(=O)[C@@H]1CCCN1C(=O)[C@H](Cc1cnc[nH]1)NC(=O)[C@@H](NC(=O)[C@@H](N)CC(C)C)[C@@H](C)O)C(=O)O. The molecule has 0 unspecified atom stereocenters. The number of hydrogen-bond donors (Lipinski definition) is 9. The van der Waals surface area contributed by atoms with Crippen LogP contribution in [0.4, 0.5) is 0 Å². The Bertz CT molecular complexity index is 1790. The first kappa shape index (κ1) is 42.5. The molecule has 300 valence electrons. The Hall–Kier alpha value is -5.29. The molecule has 2 aromatic heterocycles. The minimum Gasteiger partial charge on any atom is -0.480 e. The number of amides is 5. The van der Waals surface area contributed by atoms with Gasteiger partial charge in [-0.2, -0.15) is 0 Å². The number of benzene rings is 1. The van der Waals surface area contributed by atoms with Gasteiger partial charge in [-0.15, -0.1) is 0 Å². The third-order valence-corrected chi connectivity index (χ3v) is 9.61. The number of nitrogens with one attached hydrogen (secondary N) is 6. The summed E-state index contributed by atoms with van der Waals surface area (Å²) in [6.45, 7) is 8.96. The lowest BCUT2D eigenvalue weighted by atomic mass is 10.0. The number of nitrogens with two attached hydrogens (primary N) is 1. The fourth-order valence-corrected chi connectivity index (χ4v) is 6.82. The molecule has 17 heteroatoms. The molecule has 1 saturated heterocycles. The van der Waals surface area contributed by atoms with Gasteiger partial charge in [0.2, 0.25) is 29.5 Å². The van der Waals surface area contributed by atoms with Crippen molar-refractivity contribution in [2.24, 2.45) is 17.6 Å². The number of aliphatic carboxylic acids is 1. The summed E-state index contributed by atoms with van der Waals surface area (Å²) in [6, 6.07) is 0.419. The lowest BCUT2D eigenvalue weighted by molar-refractivity contribution is -0.144. The van der Waals surface area contributed by atoms with E-state index in [0.717, 1.165) is 16.5 Å². The Balaban J connectivity index is 1.57. The number of H-pyrrole nitrogens is 2. The summed E-state index contributed by atoms with van der Waals surface area (Å²) in [5, 5.41) is 31.7. The summed E-state index contributed by atoms with van der Waals surface area (Å²) >= 11 is 0. The highest BCUT2D eigenvalue weighted by Gasteiger charge is 2.40. The molecule has 1 aromatic carbocycles. The van der Waals surface area contributed by atoms with Crippen molar-refractivity contribution in [1.82, 2.24) is 41.1 Å². The maximum absolute atomic E-state index is 14.3. The highest BCUT2D eigenvalue weighted by molar-refractivity contribution is 5.97. The van der Waals surface area contributed by atoms with E-state index >= 15 is 0 Å². The van der Waals surface area contributed by atoms with Gasteiger partial charge >= 0.3 is 5.97 Å². The molecule has 4 rings (SSSR count). The Morgan fingerprint density at radius 2 is 1.56 bits per heavy atom. The minimum atomic E-state index is -1.44. The second-order valence-corrected chi connectivity index (χ2v) is 15.1. The molecule has 1 aliphatic heterocycles. The fraction of sp³-hybridized carbons (Fsp3) is 0.553. The second-order valence-electron chi connectivity index (χ2n) is 15.1. The van der Waals surface area contributed by atoms with E-state index in [1.54, 1.807) is 6.20 Å². The van der Waals surface area contributed by atoms with Crippen molar-refractivity contribution < 1.29 is 39.0 Å². The van der Waals surface area contributed by atoms with Gasteiger partial charge in [0.25, 0.3) is 0 Å². The summed E-state index contributed by atoms with van der Waals surface area (Å²) < 4.78 is 0. The molecule has 1 aliphatic rings. The molecule has 0 bridgehead atoms. The lowest BCUT2D eigenvalue weighted by Gasteiger charge is -2.31. The largest absolute Gasteiger partial charge is 0.480 e. The van der Waals surface area contributed by atoms with Gasteiger partial charge in [-0.05, 0) is 56.1 Å². The summed E-state index contributed by atoms with van der Waals surface area (Å²) in [6.07, 6.45) is 4.49. The molecule has 0 spiro atoms. The smallest absolute Gasteiger partial charge is 0.326 e. The van der Waals surface area contributed by atoms with Gasteiger partial charge in [0, 0.05) is 48.4 Å². The van der Waals surface area contributed by atoms with Crippen LogP contribution in [-0.4, -0.2) is 114 Å². The van der Waals surface area contributed by atoms with Crippen molar-refractivity contribution in [1.29, 1.82) is 0 Å². The Kier molecular flexibility index (Phi) is 14.9. The highest BCUT2D eigenvalue weighted by Crippen LogP contribution is 2.22. The number of aromatic amines is 2. The van der Waals surface area contributed by atoms with E-state index < -0.39 is 77.9 Å². The monoisotopic (exact) mass is 765 g/mol. The molecular weight excluding hydrogens is 710 g/mol. The Morgan fingerprint density at radius 1 is 0.873 bits per heavy atom. The van der Waals surface area contributed by atoms with Crippen molar-refractivity contribution in [3.05, 3.63) is 54.2 Å². The molecule has 0 aliphatic carbocycles. The van der Waals surface area contributed by atoms with Crippen LogP contribution in [0, 0.1) is 11.8 Å². The van der Waals surface area contributed by atoms with Crippen molar-refractivity contribution in [2.75, 3.05) is 6.54 Å². The molecule has 55 heavy (non-hydrogen) atoms. The molecule has 10 N–H and O–H groups in total. The maximum Gasteiger partial charge on any atom is 0.326 e. The molecular formula is C38H55N9O8. The zero-order valence-corrected chi connectivity index (χ0v) is 32.0. The van der Waals surface area contributed by atoms with E-state index in [0.29, 0.717) is 18.5 Å². The number of carboxylic acid groups (broad SMARTS) is 1. The van der Waals surface area contributed by atoms with E-state index in [1.807, 2.05) is 52.0 Å². The first-order valence-corrected chi connectivity index (χ1v) is 18.8. The van der Waals surface area contributed by atoms with Crippen molar-refractivity contribution in [3.63, 3.8) is 0 Å². The molecule has 1 fully saturated rings. The number of aliphatic hydroxyl groups is 1. The third-order valence-electron chi connectivity index (χ3n) is 9.61. The van der Waals surface area contributed by atoms with Crippen LogP contribution in [0.25, 0.3) is 10.9 Å². The fourth-order valence-electron chi connectivity index (χ4n) is 6.82. The van der Waals surface area contributed by atoms with Gasteiger partial charge in [-0.25, -0.2) is 9.78 Å². The van der Waals surface area contributed by atoms with Crippen molar-refractivity contribution >= 4 is 46.4 Å². The van der Waals surface area contributed by atoms with Crippen LogP contribution in [0.2, 0.25) is 0 Å². The van der Waals surface area contributed by atoms with Crippen molar-refractivity contribution in [3.8, 4) is 0 Å². The van der Waals surface area contributed by atoms with E-state index in [4.69, 9.17) is 5.73 Å². The van der Waals surface area contributed by atoms with Crippen LogP contribution < -0.4 is 27.0 Å². The number of fused-ring (bicyclic) bond motifs is 1. The summed E-state index contributed by atoms with van der Waals surface area (Å²) in [4.78, 5) is 92.0.